The van der Waals surface area contributed by atoms with Crippen LogP contribution < -0.4 is 17.0 Å². The molecule has 2 amide bonds. The standard InChI is InChI=1S/C19H25N5O4/c1-3-4-6-24-16-13(17(26)22-19(24)28)9-12(10-21-16)18(27)23-7-5-11(2)8-14(23)15(20)25/h9-11,14H,3-8H2,1-2H3,(H2,20,25)(H,22,26,28)/t11-,14-/m1/s1. The molecule has 0 aromatic carbocycles. The second-order valence-corrected chi connectivity index (χ2v) is 7.41. The lowest BCUT2D eigenvalue weighted by Crippen LogP contribution is -2.52. The Morgan fingerprint density at radius 3 is 2.79 bits per heavy atom. The first kappa shape index (κ1) is 19.8. The number of carbonyl (C=O) groups excluding carboxylic acids is 2. The Hall–Kier alpha value is -2.97. The number of nitrogens with two attached hydrogens (primary N) is 1. The smallest absolute Gasteiger partial charge is 0.329 e. The summed E-state index contributed by atoms with van der Waals surface area (Å²) in [6.07, 6.45) is 4.27. The molecule has 28 heavy (non-hydrogen) atoms. The van der Waals surface area contributed by atoms with Crippen molar-refractivity contribution in [2.24, 2.45) is 11.7 Å². The van der Waals surface area contributed by atoms with Crippen LogP contribution in [-0.2, 0) is 11.3 Å². The minimum absolute atomic E-state index is 0.169. The van der Waals surface area contributed by atoms with Gasteiger partial charge in [0.2, 0.25) is 5.91 Å². The summed E-state index contributed by atoms with van der Waals surface area (Å²) >= 11 is 0. The first-order valence-electron chi connectivity index (χ1n) is 9.56. The second-order valence-electron chi connectivity index (χ2n) is 7.41. The van der Waals surface area contributed by atoms with Crippen LogP contribution in [0.5, 0.6) is 0 Å². The van der Waals surface area contributed by atoms with Gasteiger partial charge in [0, 0.05) is 19.3 Å². The molecule has 0 saturated carbocycles. The number of hydrogen-bond acceptors (Lipinski definition) is 5. The number of nitrogens with one attached hydrogen (secondary N) is 1. The number of fused-ring (bicyclic) bond motifs is 1. The van der Waals surface area contributed by atoms with E-state index in [1.54, 1.807) is 0 Å². The molecule has 0 radical (unpaired) electrons. The van der Waals surface area contributed by atoms with E-state index in [2.05, 4.69) is 9.97 Å². The number of hydrogen-bond donors (Lipinski definition) is 2. The summed E-state index contributed by atoms with van der Waals surface area (Å²) in [5.74, 6) is -0.636. The number of primary amides is 1. The molecule has 0 spiro atoms. The van der Waals surface area contributed by atoms with E-state index in [-0.39, 0.29) is 16.6 Å². The third-order valence-corrected chi connectivity index (χ3v) is 5.27. The third kappa shape index (κ3) is 3.69. The molecule has 1 fully saturated rings. The molecule has 3 rings (SSSR count). The van der Waals surface area contributed by atoms with Crippen LogP contribution in [0.1, 0.15) is 49.9 Å². The number of aromatic amines is 1. The summed E-state index contributed by atoms with van der Waals surface area (Å²) in [5.41, 5.74) is 4.83. The summed E-state index contributed by atoms with van der Waals surface area (Å²) in [6, 6.07) is 0.755. The minimum Gasteiger partial charge on any atom is -0.368 e. The van der Waals surface area contributed by atoms with Crippen LogP contribution in [0.2, 0.25) is 0 Å². The molecular weight excluding hydrogens is 362 g/mol. The highest BCUT2D eigenvalue weighted by atomic mass is 16.2. The fraction of sp³-hybridized carbons (Fsp3) is 0.526. The van der Waals surface area contributed by atoms with Crippen molar-refractivity contribution in [3.05, 3.63) is 38.7 Å². The van der Waals surface area contributed by atoms with E-state index in [0.29, 0.717) is 25.4 Å². The molecule has 2 atom stereocenters. The second kappa shape index (κ2) is 7.95. The van der Waals surface area contributed by atoms with Crippen molar-refractivity contribution in [3.8, 4) is 0 Å². The van der Waals surface area contributed by atoms with Gasteiger partial charge in [0.15, 0.2) is 0 Å². The van der Waals surface area contributed by atoms with E-state index in [1.807, 2.05) is 13.8 Å². The Bertz CT molecular complexity index is 1030. The van der Waals surface area contributed by atoms with Crippen molar-refractivity contribution in [3.63, 3.8) is 0 Å². The number of unbranched alkanes of at least 4 members (excludes halogenated alkanes) is 1. The number of nitrogens with zero attached hydrogens (tertiary/aromatic N) is 3. The van der Waals surface area contributed by atoms with Gasteiger partial charge in [-0.25, -0.2) is 9.78 Å². The maximum absolute atomic E-state index is 13.0. The maximum Gasteiger partial charge on any atom is 0.329 e. The van der Waals surface area contributed by atoms with E-state index in [1.165, 1.54) is 21.7 Å². The Kier molecular flexibility index (Phi) is 5.62. The number of carbonyl (C=O) groups is 2. The molecule has 0 unspecified atom stereocenters. The van der Waals surface area contributed by atoms with Crippen LogP contribution in [0.25, 0.3) is 11.0 Å². The Labute approximate surface area is 161 Å². The molecule has 0 bridgehead atoms. The van der Waals surface area contributed by atoms with E-state index in [4.69, 9.17) is 5.73 Å². The molecule has 1 saturated heterocycles. The number of likely N-dealkylation sites (tertiary alicyclic amines) is 1. The van der Waals surface area contributed by atoms with Crippen LogP contribution in [0, 0.1) is 5.92 Å². The summed E-state index contributed by atoms with van der Waals surface area (Å²) in [6.45, 7) is 4.86. The summed E-state index contributed by atoms with van der Waals surface area (Å²) in [5, 5.41) is 0.169. The summed E-state index contributed by atoms with van der Waals surface area (Å²) in [4.78, 5) is 57.2. The number of aromatic nitrogens is 3. The lowest BCUT2D eigenvalue weighted by Gasteiger charge is -2.36. The fourth-order valence-electron chi connectivity index (χ4n) is 3.63. The van der Waals surface area contributed by atoms with Gasteiger partial charge in [0.05, 0.1) is 10.9 Å². The molecule has 9 nitrogen and oxygen atoms in total. The van der Waals surface area contributed by atoms with Crippen LogP contribution in [0.15, 0.2) is 21.9 Å². The highest BCUT2D eigenvalue weighted by Crippen LogP contribution is 2.24. The predicted molar refractivity (Wildman–Crippen MR) is 104 cm³/mol. The van der Waals surface area contributed by atoms with Crippen molar-refractivity contribution in [2.75, 3.05) is 6.54 Å². The first-order chi connectivity index (χ1) is 13.3. The highest BCUT2D eigenvalue weighted by molar-refractivity contribution is 5.99. The summed E-state index contributed by atoms with van der Waals surface area (Å²) in [7, 11) is 0. The lowest BCUT2D eigenvalue weighted by atomic mass is 9.91. The van der Waals surface area contributed by atoms with Crippen LogP contribution in [0.4, 0.5) is 0 Å². The molecular formula is C19H25N5O4. The van der Waals surface area contributed by atoms with Crippen molar-refractivity contribution < 1.29 is 9.59 Å². The zero-order valence-electron chi connectivity index (χ0n) is 16.1. The van der Waals surface area contributed by atoms with Gasteiger partial charge in [0.25, 0.3) is 11.5 Å². The molecule has 0 aliphatic carbocycles. The molecule has 2 aromatic rings. The number of amides is 2. The quantitative estimate of drug-likeness (QED) is 0.776. The van der Waals surface area contributed by atoms with Gasteiger partial charge in [0.1, 0.15) is 11.7 Å². The Balaban J connectivity index is 2.02. The van der Waals surface area contributed by atoms with Gasteiger partial charge in [-0.05, 0) is 31.2 Å². The molecule has 150 valence electrons. The molecule has 9 heteroatoms. The average Bonchev–Trinajstić information content (AvgIpc) is 2.67. The van der Waals surface area contributed by atoms with Gasteiger partial charge in [-0.15, -0.1) is 0 Å². The van der Waals surface area contributed by atoms with Gasteiger partial charge < -0.3 is 10.6 Å². The fourth-order valence-corrected chi connectivity index (χ4v) is 3.63. The number of aryl methyl sites for hydroxylation is 1. The zero-order valence-corrected chi connectivity index (χ0v) is 16.1. The normalized spacial score (nSPS) is 19.7. The number of piperidine rings is 1. The number of pyridine rings is 1. The van der Waals surface area contributed by atoms with Crippen molar-refractivity contribution >= 4 is 22.8 Å². The van der Waals surface area contributed by atoms with Crippen LogP contribution in [-0.4, -0.2) is 43.8 Å². The van der Waals surface area contributed by atoms with E-state index in [9.17, 15) is 19.2 Å². The molecule has 1 aliphatic rings. The molecule has 2 aromatic heterocycles. The monoisotopic (exact) mass is 387 g/mol. The van der Waals surface area contributed by atoms with Gasteiger partial charge in [-0.1, -0.05) is 20.3 Å². The maximum atomic E-state index is 13.0. The van der Waals surface area contributed by atoms with Gasteiger partial charge >= 0.3 is 5.69 Å². The highest BCUT2D eigenvalue weighted by Gasteiger charge is 2.34. The Morgan fingerprint density at radius 1 is 1.36 bits per heavy atom. The molecule has 3 N–H and O–H groups in total. The topological polar surface area (TPSA) is 131 Å². The number of rotatable bonds is 5. The zero-order chi connectivity index (χ0) is 20.4. The van der Waals surface area contributed by atoms with Crippen molar-refractivity contribution in [1.29, 1.82) is 0 Å². The minimum atomic E-state index is -0.677. The molecule has 1 aliphatic heterocycles. The lowest BCUT2D eigenvalue weighted by molar-refractivity contribution is -0.124. The summed E-state index contributed by atoms with van der Waals surface area (Å²) < 4.78 is 1.41. The SMILES string of the molecule is CCCCn1c(=O)[nH]c(=O)c2cc(C(=O)N3CC[C@@H](C)C[C@@H]3C(N)=O)cnc21. The van der Waals surface area contributed by atoms with Crippen molar-refractivity contribution in [1.82, 2.24) is 19.4 Å². The first-order valence-corrected chi connectivity index (χ1v) is 9.56. The third-order valence-electron chi connectivity index (χ3n) is 5.27. The largest absolute Gasteiger partial charge is 0.368 e. The number of H-pyrrole nitrogens is 1. The average molecular weight is 387 g/mol. The molecule has 3 heterocycles. The van der Waals surface area contributed by atoms with E-state index < -0.39 is 29.1 Å². The Morgan fingerprint density at radius 2 is 2.11 bits per heavy atom. The van der Waals surface area contributed by atoms with Crippen LogP contribution >= 0.6 is 0 Å². The van der Waals surface area contributed by atoms with Crippen LogP contribution in [0.3, 0.4) is 0 Å². The van der Waals surface area contributed by atoms with E-state index in [0.717, 1.165) is 19.3 Å². The van der Waals surface area contributed by atoms with E-state index >= 15 is 0 Å². The van der Waals surface area contributed by atoms with Gasteiger partial charge in [-0.2, -0.15) is 0 Å². The van der Waals surface area contributed by atoms with Crippen molar-refractivity contribution in [2.45, 2.75) is 52.1 Å². The predicted octanol–water partition coefficient (Wildman–Crippen LogP) is 0.611. The van der Waals surface area contributed by atoms with Gasteiger partial charge in [-0.3, -0.25) is 23.9 Å².